The number of fused-ring (bicyclic) bond motifs is 1. The van der Waals surface area contributed by atoms with Gasteiger partial charge in [-0.05, 0) is 25.6 Å². The Morgan fingerprint density at radius 1 is 1.50 bits per heavy atom. The van der Waals surface area contributed by atoms with Gasteiger partial charge in [-0.3, -0.25) is 4.90 Å². The number of rotatable bonds is 4. The van der Waals surface area contributed by atoms with E-state index in [1.807, 2.05) is 7.05 Å². The van der Waals surface area contributed by atoms with Crippen LogP contribution in [0.2, 0.25) is 0 Å². The summed E-state index contributed by atoms with van der Waals surface area (Å²) < 4.78 is 7.84. The first-order chi connectivity index (χ1) is 9.76. The van der Waals surface area contributed by atoms with Crippen molar-refractivity contribution in [3.8, 4) is 0 Å². The number of imidazole rings is 1. The summed E-state index contributed by atoms with van der Waals surface area (Å²) in [5, 5.41) is 3.18. The lowest BCUT2D eigenvalue weighted by Gasteiger charge is -2.32. The number of likely N-dealkylation sites (N-methyl/N-ethyl adjacent to an activating group) is 1. The maximum Gasteiger partial charge on any atom is 0.139 e. The summed E-state index contributed by atoms with van der Waals surface area (Å²) in [4.78, 5) is 7.16. The number of hydrogen-bond donors (Lipinski definition) is 1. The van der Waals surface area contributed by atoms with Gasteiger partial charge in [0.05, 0.1) is 18.4 Å². The summed E-state index contributed by atoms with van der Waals surface area (Å²) in [6, 6.07) is 4.16. The Balaban J connectivity index is 1.71. The molecular formula is C15H22N4O. The first kappa shape index (κ1) is 13.5. The largest absolute Gasteiger partial charge is 0.374 e. The molecule has 0 saturated carbocycles. The van der Waals surface area contributed by atoms with Gasteiger partial charge in [0.2, 0.25) is 0 Å². The molecule has 1 N–H and O–H groups in total. The van der Waals surface area contributed by atoms with Gasteiger partial charge in [0, 0.05) is 38.6 Å². The highest BCUT2D eigenvalue weighted by atomic mass is 16.5. The Labute approximate surface area is 119 Å². The highest BCUT2D eigenvalue weighted by Gasteiger charge is 2.20. The Hall–Kier alpha value is -1.43. The van der Waals surface area contributed by atoms with E-state index < -0.39 is 0 Å². The summed E-state index contributed by atoms with van der Waals surface area (Å²) in [7, 11) is 1.97. The minimum atomic E-state index is 0.285. The van der Waals surface area contributed by atoms with Crippen LogP contribution in [0.3, 0.4) is 0 Å². The van der Waals surface area contributed by atoms with Gasteiger partial charge in [-0.1, -0.05) is 6.07 Å². The zero-order valence-electron chi connectivity index (χ0n) is 12.2. The summed E-state index contributed by atoms with van der Waals surface area (Å²) in [5.74, 6) is 0. The summed E-state index contributed by atoms with van der Waals surface area (Å²) in [6.07, 6.45) is 4.47. The van der Waals surface area contributed by atoms with Crippen LogP contribution in [0.1, 0.15) is 11.3 Å². The molecule has 1 saturated heterocycles. The number of nitrogens with one attached hydrogen (secondary N) is 1. The average molecular weight is 274 g/mol. The van der Waals surface area contributed by atoms with Crippen molar-refractivity contribution in [3.05, 3.63) is 35.8 Å². The smallest absolute Gasteiger partial charge is 0.139 e. The minimum absolute atomic E-state index is 0.285. The first-order valence-electron chi connectivity index (χ1n) is 7.18. The maximum atomic E-state index is 5.73. The zero-order valence-corrected chi connectivity index (χ0v) is 12.2. The molecule has 1 atom stereocenters. The number of aryl methyl sites for hydroxylation is 1. The Kier molecular flexibility index (Phi) is 4.00. The molecule has 20 heavy (non-hydrogen) atoms. The van der Waals surface area contributed by atoms with Crippen molar-refractivity contribution in [1.82, 2.24) is 19.6 Å². The Morgan fingerprint density at radius 2 is 2.40 bits per heavy atom. The van der Waals surface area contributed by atoms with E-state index in [2.05, 4.69) is 46.1 Å². The van der Waals surface area contributed by atoms with E-state index in [1.54, 1.807) is 0 Å². The molecule has 0 spiro atoms. The fourth-order valence-corrected chi connectivity index (χ4v) is 2.78. The van der Waals surface area contributed by atoms with Crippen molar-refractivity contribution >= 4 is 5.65 Å². The second-order valence-corrected chi connectivity index (χ2v) is 5.44. The summed E-state index contributed by atoms with van der Waals surface area (Å²) >= 11 is 0. The SMILES string of the molecule is CNCC1CN(Cc2cn3cccc(C)c3n2)CCO1. The highest BCUT2D eigenvalue weighted by Crippen LogP contribution is 2.13. The molecule has 0 amide bonds. The quantitative estimate of drug-likeness (QED) is 0.905. The number of hydrogen-bond acceptors (Lipinski definition) is 4. The third kappa shape index (κ3) is 2.85. The number of ether oxygens (including phenoxy) is 1. The van der Waals surface area contributed by atoms with Gasteiger partial charge in [0.15, 0.2) is 0 Å². The van der Waals surface area contributed by atoms with E-state index in [9.17, 15) is 0 Å². The van der Waals surface area contributed by atoms with Crippen molar-refractivity contribution in [2.75, 3.05) is 33.3 Å². The molecule has 2 aromatic heterocycles. The molecule has 1 unspecified atom stereocenters. The molecule has 0 bridgehead atoms. The van der Waals surface area contributed by atoms with Crippen LogP contribution < -0.4 is 5.32 Å². The van der Waals surface area contributed by atoms with Crippen LogP contribution in [0, 0.1) is 6.92 Å². The molecular weight excluding hydrogens is 252 g/mol. The Bertz CT molecular complexity index is 578. The first-order valence-corrected chi connectivity index (χ1v) is 7.18. The van der Waals surface area contributed by atoms with Crippen LogP contribution in [0.25, 0.3) is 5.65 Å². The monoisotopic (exact) mass is 274 g/mol. The van der Waals surface area contributed by atoms with Crippen LogP contribution in [0.5, 0.6) is 0 Å². The van der Waals surface area contributed by atoms with Crippen LogP contribution in [-0.2, 0) is 11.3 Å². The number of pyridine rings is 1. The molecule has 5 nitrogen and oxygen atoms in total. The number of aromatic nitrogens is 2. The third-order valence-electron chi connectivity index (χ3n) is 3.77. The number of morpholine rings is 1. The van der Waals surface area contributed by atoms with Crippen LogP contribution in [0.4, 0.5) is 0 Å². The van der Waals surface area contributed by atoms with Gasteiger partial charge in [0.1, 0.15) is 5.65 Å². The zero-order chi connectivity index (χ0) is 13.9. The molecule has 0 radical (unpaired) electrons. The Morgan fingerprint density at radius 3 is 3.20 bits per heavy atom. The van der Waals surface area contributed by atoms with Crippen molar-refractivity contribution in [2.24, 2.45) is 0 Å². The average Bonchev–Trinajstić information content (AvgIpc) is 2.83. The van der Waals surface area contributed by atoms with Gasteiger partial charge in [-0.15, -0.1) is 0 Å². The molecule has 5 heteroatoms. The van der Waals surface area contributed by atoms with Gasteiger partial charge in [0.25, 0.3) is 0 Å². The van der Waals surface area contributed by atoms with Crippen molar-refractivity contribution in [3.63, 3.8) is 0 Å². The molecule has 3 heterocycles. The fourth-order valence-electron chi connectivity index (χ4n) is 2.78. The van der Waals surface area contributed by atoms with Gasteiger partial charge >= 0.3 is 0 Å². The van der Waals surface area contributed by atoms with Gasteiger partial charge in [-0.25, -0.2) is 4.98 Å². The van der Waals surface area contributed by atoms with E-state index in [4.69, 9.17) is 9.72 Å². The van der Waals surface area contributed by atoms with Crippen LogP contribution in [-0.4, -0.2) is 53.7 Å². The molecule has 3 rings (SSSR count). The molecule has 1 aliphatic rings. The molecule has 1 fully saturated rings. The minimum Gasteiger partial charge on any atom is -0.374 e. The van der Waals surface area contributed by atoms with Crippen molar-refractivity contribution in [1.29, 1.82) is 0 Å². The molecule has 1 aliphatic heterocycles. The molecule has 108 valence electrons. The lowest BCUT2D eigenvalue weighted by atomic mass is 10.2. The van der Waals surface area contributed by atoms with Gasteiger partial charge in [-0.2, -0.15) is 0 Å². The van der Waals surface area contributed by atoms with E-state index >= 15 is 0 Å². The lowest BCUT2D eigenvalue weighted by molar-refractivity contribution is -0.0294. The number of nitrogens with zero attached hydrogens (tertiary/aromatic N) is 3. The fraction of sp³-hybridized carbons (Fsp3) is 0.533. The van der Waals surface area contributed by atoms with E-state index in [0.29, 0.717) is 0 Å². The normalized spacial score (nSPS) is 20.6. The van der Waals surface area contributed by atoms with E-state index in [1.165, 1.54) is 5.56 Å². The van der Waals surface area contributed by atoms with E-state index in [-0.39, 0.29) is 6.10 Å². The predicted molar refractivity (Wildman–Crippen MR) is 78.9 cm³/mol. The molecule has 0 aliphatic carbocycles. The molecule has 0 aromatic carbocycles. The summed E-state index contributed by atoms with van der Waals surface area (Å²) in [6.45, 7) is 6.65. The second-order valence-electron chi connectivity index (χ2n) is 5.44. The molecule has 2 aromatic rings. The standard InChI is InChI=1S/C15H22N4O/c1-12-4-3-5-19-10-13(17-15(12)19)9-18-6-7-20-14(11-18)8-16-2/h3-5,10,14,16H,6-9,11H2,1-2H3. The van der Waals surface area contributed by atoms with Gasteiger partial charge < -0.3 is 14.5 Å². The highest BCUT2D eigenvalue weighted by molar-refractivity contribution is 5.47. The maximum absolute atomic E-state index is 5.73. The van der Waals surface area contributed by atoms with Crippen LogP contribution >= 0.6 is 0 Å². The van der Waals surface area contributed by atoms with Crippen molar-refractivity contribution < 1.29 is 4.74 Å². The summed E-state index contributed by atoms with van der Waals surface area (Å²) in [5.41, 5.74) is 3.40. The van der Waals surface area contributed by atoms with E-state index in [0.717, 1.165) is 44.1 Å². The lowest BCUT2D eigenvalue weighted by Crippen LogP contribution is -2.45. The topological polar surface area (TPSA) is 41.8 Å². The second kappa shape index (κ2) is 5.91. The predicted octanol–water partition coefficient (Wildman–Crippen LogP) is 1.06. The third-order valence-corrected chi connectivity index (χ3v) is 3.77. The van der Waals surface area contributed by atoms with Crippen molar-refractivity contribution in [2.45, 2.75) is 19.6 Å². The van der Waals surface area contributed by atoms with Crippen LogP contribution in [0.15, 0.2) is 24.5 Å².